The molecule has 1 N–H and O–H groups in total. The van der Waals surface area contributed by atoms with Gasteiger partial charge in [-0.3, -0.25) is 19.3 Å². The molecule has 27 heavy (non-hydrogen) atoms. The molecule has 1 atom stereocenters. The second-order valence-electron chi connectivity index (χ2n) is 6.49. The highest BCUT2D eigenvalue weighted by atomic mass is 32.2. The lowest BCUT2D eigenvalue weighted by Crippen LogP contribution is -2.41. The maximum atomic E-state index is 12.5. The van der Waals surface area contributed by atoms with Crippen molar-refractivity contribution in [2.45, 2.75) is 25.3 Å². The van der Waals surface area contributed by atoms with Crippen molar-refractivity contribution < 1.29 is 14.4 Å². The Morgan fingerprint density at radius 3 is 2.89 bits per heavy atom. The third-order valence-electron chi connectivity index (χ3n) is 4.70. The van der Waals surface area contributed by atoms with Gasteiger partial charge in [0.2, 0.25) is 5.91 Å². The minimum absolute atomic E-state index is 0.0657. The first-order valence-electron chi connectivity index (χ1n) is 8.78. The Balaban J connectivity index is 1.43. The molecule has 1 aliphatic carbocycles. The minimum Gasteiger partial charge on any atom is -0.348 e. The number of imide groups is 1. The molecule has 7 heteroatoms. The molecule has 2 aliphatic rings. The molecule has 1 saturated heterocycles. The largest absolute Gasteiger partial charge is 0.348 e. The van der Waals surface area contributed by atoms with Gasteiger partial charge in [-0.2, -0.15) is 0 Å². The Kier molecular flexibility index (Phi) is 5.13. The lowest BCUT2D eigenvalue weighted by atomic mass is 9.88. The quantitative estimate of drug-likeness (QED) is 0.791. The highest BCUT2D eigenvalue weighted by Gasteiger charge is 2.36. The number of benzene rings is 1. The van der Waals surface area contributed by atoms with E-state index in [4.69, 9.17) is 0 Å². The molecule has 4 rings (SSSR count). The standard InChI is InChI=1S/C20H18N2O3S2/c23-18(21-16-9-3-6-13-5-1-2-8-15(13)16)12-22-19(24)17(27-20(22)25)11-14-7-4-10-26-14/h1-2,4-5,7-8,10-11,16H,3,6,9,12H2,(H,21,23)/b17-11+. The fourth-order valence-corrected chi connectivity index (χ4v) is 4.99. The van der Waals surface area contributed by atoms with Crippen LogP contribution in [0.5, 0.6) is 0 Å². The number of thiophene rings is 1. The molecule has 2 heterocycles. The second-order valence-corrected chi connectivity index (χ2v) is 8.47. The summed E-state index contributed by atoms with van der Waals surface area (Å²) in [6.07, 6.45) is 4.58. The van der Waals surface area contributed by atoms with Crippen LogP contribution < -0.4 is 5.32 Å². The maximum Gasteiger partial charge on any atom is 0.294 e. The van der Waals surface area contributed by atoms with Gasteiger partial charge in [0, 0.05) is 4.88 Å². The number of hydrogen-bond acceptors (Lipinski definition) is 5. The summed E-state index contributed by atoms with van der Waals surface area (Å²) in [7, 11) is 0. The molecule has 1 aliphatic heterocycles. The molecule has 3 amide bonds. The lowest BCUT2D eigenvalue weighted by Gasteiger charge is -2.27. The van der Waals surface area contributed by atoms with Crippen LogP contribution in [0.4, 0.5) is 4.79 Å². The zero-order valence-electron chi connectivity index (χ0n) is 14.5. The van der Waals surface area contributed by atoms with Gasteiger partial charge in [-0.1, -0.05) is 30.3 Å². The van der Waals surface area contributed by atoms with Crippen LogP contribution in [0.1, 0.15) is 34.9 Å². The predicted molar refractivity (Wildman–Crippen MR) is 107 cm³/mol. The average Bonchev–Trinajstić information content (AvgIpc) is 3.26. The van der Waals surface area contributed by atoms with Gasteiger partial charge in [-0.05, 0) is 59.7 Å². The van der Waals surface area contributed by atoms with Crippen LogP contribution in [0.3, 0.4) is 0 Å². The summed E-state index contributed by atoms with van der Waals surface area (Å²) in [6, 6.07) is 11.8. The molecule has 0 saturated carbocycles. The number of carbonyl (C=O) groups excluding carboxylic acids is 3. The molecule has 1 aromatic heterocycles. The zero-order chi connectivity index (χ0) is 18.8. The summed E-state index contributed by atoms with van der Waals surface area (Å²) in [5.74, 6) is -0.714. The maximum absolute atomic E-state index is 12.5. The van der Waals surface area contributed by atoms with Gasteiger partial charge in [0.1, 0.15) is 6.54 Å². The molecule has 1 unspecified atom stereocenters. The number of aryl methyl sites for hydroxylation is 1. The molecule has 2 aromatic rings. The van der Waals surface area contributed by atoms with E-state index in [0.717, 1.165) is 46.4 Å². The SMILES string of the molecule is O=C(CN1C(=O)S/C(=C/c2cccs2)C1=O)NC1CCCc2ccccc21. The van der Waals surface area contributed by atoms with Crippen molar-refractivity contribution >= 4 is 46.2 Å². The molecule has 138 valence electrons. The van der Waals surface area contributed by atoms with Gasteiger partial charge >= 0.3 is 0 Å². The number of nitrogens with one attached hydrogen (secondary N) is 1. The van der Waals surface area contributed by atoms with Crippen LogP contribution in [-0.4, -0.2) is 28.5 Å². The van der Waals surface area contributed by atoms with E-state index in [-0.39, 0.29) is 18.5 Å². The second kappa shape index (κ2) is 7.70. The van der Waals surface area contributed by atoms with E-state index >= 15 is 0 Å². The highest BCUT2D eigenvalue weighted by Crippen LogP contribution is 2.33. The van der Waals surface area contributed by atoms with Gasteiger partial charge in [0.05, 0.1) is 10.9 Å². The normalized spacial score (nSPS) is 20.8. The van der Waals surface area contributed by atoms with E-state index in [9.17, 15) is 14.4 Å². The molecular formula is C20H18N2O3S2. The van der Waals surface area contributed by atoms with E-state index in [0.29, 0.717) is 4.91 Å². The van der Waals surface area contributed by atoms with E-state index in [2.05, 4.69) is 11.4 Å². The van der Waals surface area contributed by atoms with Gasteiger partial charge in [0.25, 0.3) is 11.1 Å². The Bertz CT molecular complexity index is 921. The van der Waals surface area contributed by atoms with Crippen molar-refractivity contribution in [1.82, 2.24) is 10.2 Å². The molecule has 1 aromatic carbocycles. The summed E-state index contributed by atoms with van der Waals surface area (Å²) in [4.78, 5) is 39.5. The predicted octanol–water partition coefficient (Wildman–Crippen LogP) is 3.98. The number of hydrogen-bond donors (Lipinski definition) is 1. The van der Waals surface area contributed by atoms with Gasteiger partial charge in [-0.25, -0.2) is 0 Å². The lowest BCUT2D eigenvalue weighted by molar-refractivity contribution is -0.129. The fraction of sp³-hybridized carbons (Fsp3) is 0.250. The van der Waals surface area contributed by atoms with Crippen LogP contribution in [0.15, 0.2) is 46.7 Å². The molecule has 0 radical (unpaired) electrons. The van der Waals surface area contributed by atoms with Crippen LogP contribution in [0.25, 0.3) is 6.08 Å². The smallest absolute Gasteiger partial charge is 0.294 e. The summed E-state index contributed by atoms with van der Waals surface area (Å²) >= 11 is 2.38. The number of thioether (sulfide) groups is 1. The fourth-order valence-electron chi connectivity index (χ4n) is 3.43. The van der Waals surface area contributed by atoms with Crippen molar-refractivity contribution in [2.75, 3.05) is 6.54 Å². The van der Waals surface area contributed by atoms with Crippen molar-refractivity contribution in [1.29, 1.82) is 0 Å². The topological polar surface area (TPSA) is 66.5 Å². The highest BCUT2D eigenvalue weighted by molar-refractivity contribution is 8.18. The number of amides is 3. The van der Waals surface area contributed by atoms with E-state index in [1.165, 1.54) is 16.9 Å². The first-order valence-corrected chi connectivity index (χ1v) is 10.5. The Morgan fingerprint density at radius 2 is 2.07 bits per heavy atom. The summed E-state index contributed by atoms with van der Waals surface area (Å²) < 4.78 is 0. The molecule has 0 spiro atoms. The summed E-state index contributed by atoms with van der Waals surface area (Å²) in [5, 5.41) is 4.50. The molecule has 0 bridgehead atoms. The van der Waals surface area contributed by atoms with Crippen molar-refractivity contribution in [3.8, 4) is 0 Å². The van der Waals surface area contributed by atoms with Crippen LogP contribution in [0.2, 0.25) is 0 Å². The Morgan fingerprint density at radius 1 is 1.22 bits per heavy atom. The Labute approximate surface area is 165 Å². The van der Waals surface area contributed by atoms with E-state index in [1.807, 2.05) is 35.7 Å². The van der Waals surface area contributed by atoms with Crippen molar-refractivity contribution in [2.24, 2.45) is 0 Å². The summed E-state index contributed by atoms with van der Waals surface area (Å²) in [6.45, 7) is -0.245. The van der Waals surface area contributed by atoms with Crippen molar-refractivity contribution in [3.63, 3.8) is 0 Å². The summed E-state index contributed by atoms with van der Waals surface area (Å²) in [5.41, 5.74) is 2.38. The number of rotatable bonds is 4. The van der Waals surface area contributed by atoms with E-state index in [1.54, 1.807) is 6.08 Å². The van der Waals surface area contributed by atoms with Gasteiger partial charge < -0.3 is 5.32 Å². The molecule has 5 nitrogen and oxygen atoms in total. The van der Waals surface area contributed by atoms with Crippen LogP contribution >= 0.6 is 23.1 Å². The monoisotopic (exact) mass is 398 g/mol. The first-order chi connectivity index (χ1) is 13.1. The van der Waals surface area contributed by atoms with Gasteiger partial charge in [0.15, 0.2) is 0 Å². The first kappa shape index (κ1) is 18.0. The van der Waals surface area contributed by atoms with Gasteiger partial charge in [-0.15, -0.1) is 11.3 Å². The number of carbonyl (C=O) groups is 3. The number of nitrogens with zero attached hydrogens (tertiary/aromatic N) is 1. The third-order valence-corrected chi connectivity index (χ3v) is 6.42. The molecule has 1 fully saturated rings. The van der Waals surface area contributed by atoms with Crippen LogP contribution in [0, 0.1) is 0 Å². The third kappa shape index (κ3) is 3.84. The average molecular weight is 399 g/mol. The van der Waals surface area contributed by atoms with Crippen molar-refractivity contribution in [3.05, 3.63) is 62.7 Å². The van der Waals surface area contributed by atoms with E-state index < -0.39 is 11.1 Å². The minimum atomic E-state index is -0.405. The Hall–Kier alpha value is -2.38. The number of fused-ring (bicyclic) bond motifs is 1. The molecular weight excluding hydrogens is 380 g/mol. The van der Waals surface area contributed by atoms with Crippen LogP contribution in [-0.2, 0) is 16.0 Å². The zero-order valence-corrected chi connectivity index (χ0v) is 16.1.